The van der Waals surface area contributed by atoms with Crippen molar-refractivity contribution in [1.82, 2.24) is 19.7 Å². The standard InChI is InChI=1S/C28H32ClN5O5S2.C2HF3O2/c1-18-22(34-11-3-6-27(34)35)4-2-5-25(18)41(37,38)31-21(28(36)33-14-12-32(13-15-33)20-7-8-20)16-19-17-23(39-30-19)24-9-10-26(29)40-24;3-2(4,5)1(6)7/h2,4-5,9-10,17,20-21,31H,3,6-8,11-16H2,1H3;(H,6,7). The van der Waals surface area contributed by atoms with Crippen LogP contribution < -0.4 is 9.62 Å². The van der Waals surface area contributed by atoms with Crippen LogP contribution in [-0.4, -0.2) is 97.2 Å². The Morgan fingerprint density at radius 2 is 1.83 bits per heavy atom. The zero-order valence-corrected chi connectivity index (χ0v) is 28.1. The number of hydrogen-bond acceptors (Lipinski definition) is 9. The second-order valence-electron chi connectivity index (χ2n) is 11.6. The van der Waals surface area contributed by atoms with Gasteiger partial charge in [-0.3, -0.25) is 14.5 Å². The first kappa shape index (κ1) is 35.8. The van der Waals surface area contributed by atoms with Crippen LogP contribution in [0.3, 0.4) is 0 Å². The molecular formula is C30H33ClF3N5O7S2. The molecule has 48 heavy (non-hydrogen) atoms. The van der Waals surface area contributed by atoms with E-state index in [1.54, 1.807) is 41.0 Å². The van der Waals surface area contributed by atoms with Gasteiger partial charge in [0.15, 0.2) is 5.76 Å². The molecule has 1 atom stereocenters. The van der Waals surface area contributed by atoms with Gasteiger partial charge in [-0.25, -0.2) is 13.2 Å². The minimum atomic E-state index is -5.08. The lowest BCUT2D eigenvalue weighted by Crippen LogP contribution is -2.55. The molecule has 260 valence electrons. The zero-order chi connectivity index (χ0) is 34.8. The molecule has 0 spiro atoms. The third kappa shape index (κ3) is 8.55. The molecule has 2 aliphatic heterocycles. The largest absolute Gasteiger partial charge is 0.490 e. The lowest BCUT2D eigenvalue weighted by Gasteiger charge is -2.36. The number of benzene rings is 1. The van der Waals surface area contributed by atoms with Crippen LogP contribution in [0, 0.1) is 6.92 Å². The van der Waals surface area contributed by atoms with Crippen LogP contribution in [0.5, 0.6) is 0 Å². The first-order chi connectivity index (χ1) is 22.6. The molecule has 2 aromatic heterocycles. The number of anilines is 1. The van der Waals surface area contributed by atoms with E-state index in [2.05, 4.69) is 14.8 Å². The Bertz CT molecular complexity index is 1770. The molecule has 4 heterocycles. The molecule has 18 heteroatoms. The normalized spacial score (nSPS) is 18.1. The summed E-state index contributed by atoms with van der Waals surface area (Å²) in [5.74, 6) is -2.57. The predicted molar refractivity (Wildman–Crippen MR) is 170 cm³/mol. The predicted octanol–water partition coefficient (Wildman–Crippen LogP) is 4.32. The van der Waals surface area contributed by atoms with Crippen LogP contribution in [0.2, 0.25) is 4.34 Å². The minimum absolute atomic E-state index is 0.0207. The summed E-state index contributed by atoms with van der Waals surface area (Å²) in [6.07, 6.45) is -1.50. The summed E-state index contributed by atoms with van der Waals surface area (Å²) < 4.78 is 68.2. The summed E-state index contributed by atoms with van der Waals surface area (Å²) in [5, 5.41) is 11.3. The summed E-state index contributed by atoms with van der Waals surface area (Å²) >= 11 is 7.41. The maximum absolute atomic E-state index is 13.8. The molecular weight excluding hydrogens is 699 g/mol. The maximum Gasteiger partial charge on any atom is 0.490 e. The Labute approximate surface area is 283 Å². The highest BCUT2D eigenvalue weighted by atomic mass is 35.5. The Hall–Kier alpha value is -3.51. The van der Waals surface area contributed by atoms with Crippen molar-refractivity contribution in [2.75, 3.05) is 37.6 Å². The molecule has 2 N–H and O–H groups in total. The number of hydrogen-bond donors (Lipinski definition) is 2. The summed E-state index contributed by atoms with van der Waals surface area (Å²) in [5.41, 5.74) is 1.50. The Kier molecular flexibility index (Phi) is 10.8. The SMILES string of the molecule is Cc1c(N2CCCC2=O)cccc1S(=O)(=O)NC(Cc1cc(-c2ccc(Cl)s2)on1)C(=O)N1CCN(C2CC2)CC1.O=C(O)C(F)(F)F. The van der Waals surface area contributed by atoms with E-state index in [4.69, 9.17) is 26.0 Å². The average molecular weight is 732 g/mol. The van der Waals surface area contributed by atoms with E-state index in [1.165, 1.54) is 30.2 Å². The van der Waals surface area contributed by atoms with Gasteiger partial charge in [-0.05, 0) is 56.0 Å². The van der Waals surface area contributed by atoms with Gasteiger partial charge >= 0.3 is 12.1 Å². The van der Waals surface area contributed by atoms with Gasteiger partial charge in [-0.15, -0.1) is 11.3 Å². The number of rotatable bonds is 9. The molecule has 2 saturated heterocycles. The smallest absolute Gasteiger partial charge is 0.475 e. The molecule has 12 nitrogen and oxygen atoms in total. The third-order valence-corrected chi connectivity index (χ3v) is 11.1. The number of carboxylic acid groups (broad SMARTS) is 1. The Morgan fingerprint density at radius 3 is 2.40 bits per heavy atom. The molecule has 0 bridgehead atoms. The van der Waals surface area contributed by atoms with Crippen LogP contribution in [0.15, 0.2) is 45.8 Å². The van der Waals surface area contributed by atoms with Gasteiger partial charge in [0.1, 0.15) is 6.04 Å². The molecule has 1 saturated carbocycles. The maximum atomic E-state index is 13.8. The van der Waals surface area contributed by atoms with Crippen molar-refractivity contribution in [2.24, 2.45) is 0 Å². The fourth-order valence-corrected chi connectivity index (χ4v) is 8.11. The second kappa shape index (κ2) is 14.5. The zero-order valence-electron chi connectivity index (χ0n) is 25.7. The van der Waals surface area contributed by atoms with Crippen LogP contribution in [-0.2, 0) is 30.8 Å². The number of piperazine rings is 1. The minimum Gasteiger partial charge on any atom is -0.475 e. The van der Waals surface area contributed by atoms with Gasteiger partial charge in [0, 0.05) is 63.4 Å². The van der Waals surface area contributed by atoms with Crippen molar-refractivity contribution in [3.05, 3.63) is 52.0 Å². The summed E-state index contributed by atoms with van der Waals surface area (Å²) in [4.78, 5) is 41.7. The number of carboxylic acids is 1. The number of amides is 2. The number of sulfonamides is 1. The van der Waals surface area contributed by atoms with Crippen molar-refractivity contribution < 1.29 is 45.6 Å². The topological polar surface area (TPSA) is 153 Å². The quantitative estimate of drug-likeness (QED) is 0.328. The third-order valence-electron chi connectivity index (χ3n) is 8.22. The van der Waals surface area contributed by atoms with Crippen molar-refractivity contribution >= 4 is 56.4 Å². The average Bonchev–Trinajstić information content (AvgIpc) is 3.37. The van der Waals surface area contributed by atoms with Gasteiger partial charge in [-0.1, -0.05) is 22.8 Å². The first-order valence-corrected chi connectivity index (χ1v) is 17.8. The van der Waals surface area contributed by atoms with Gasteiger partial charge < -0.3 is 19.4 Å². The number of aliphatic carboxylic acids is 1. The van der Waals surface area contributed by atoms with Gasteiger partial charge in [0.25, 0.3) is 0 Å². The molecule has 0 radical (unpaired) electrons. The monoisotopic (exact) mass is 731 g/mol. The fourth-order valence-electron chi connectivity index (χ4n) is 5.67. The van der Waals surface area contributed by atoms with E-state index in [9.17, 15) is 31.2 Å². The molecule has 1 aromatic carbocycles. The van der Waals surface area contributed by atoms with Crippen molar-refractivity contribution in [1.29, 1.82) is 0 Å². The van der Waals surface area contributed by atoms with Gasteiger partial charge in [-0.2, -0.15) is 17.9 Å². The summed E-state index contributed by atoms with van der Waals surface area (Å²) in [6, 6.07) is 9.71. The lowest BCUT2D eigenvalue weighted by atomic mass is 10.1. The number of nitrogens with zero attached hydrogens (tertiary/aromatic N) is 4. The molecule has 3 aliphatic rings. The van der Waals surface area contributed by atoms with E-state index < -0.39 is 28.2 Å². The summed E-state index contributed by atoms with van der Waals surface area (Å²) in [6.45, 7) is 4.87. The second-order valence-corrected chi connectivity index (χ2v) is 15.0. The molecule has 3 fully saturated rings. The molecule has 2 amide bonds. The molecule has 6 rings (SSSR count). The van der Waals surface area contributed by atoms with E-state index in [0.717, 1.165) is 24.4 Å². The number of thiophene rings is 1. The van der Waals surface area contributed by atoms with E-state index in [-0.39, 0.29) is 23.1 Å². The van der Waals surface area contributed by atoms with Crippen molar-refractivity contribution in [3.63, 3.8) is 0 Å². The highest BCUT2D eigenvalue weighted by Gasteiger charge is 2.38. The Balaban J connectivity index is 0.000000582. The highest BCUT2D eigenvalue weighted by Crippen LogP contribution is 2.33. The van der Waals surface area contributed by atoms with Crippen LogP contribution in [0.4, 0.5) is 18.9 Å². The van der Waals surface area contributed by atoms with E-state index in [1.807, 2.05) is 6.07 Å². The first-order valence-electron chi connectivity index (χ1n) is 15.1. The fraction of sp³-hybridized carbons (Fsp3) is 0.467. The molecule has 1 unspecified atom stereocenters. The number of halogens is 4. The van der Waals surface area contributed by atoms with Crippen LogP contribution in [0.1, 0.15) is 36.9 Å². The number of alkyl halides is 3. The number of carbonyl (C=O) groups is 3. The van der Waals surface area contributed by atoms with E-state index >= 15 is 0 Å². The van der Waals surface area contributed by atoms with Crippen molar-refractivity contribution in [2.45, 2.75) is 62.2 Å². The van der Waals surface area contributed by atoms with Crippen LogP contribution in [0.25, 0.3) is 10.6 Å². The van der Waals surface area contributed by atoms with E-state index in [0.29, 0.717) is 59.1 Å². The van der Waals surface area contributed by atoms with Gasteiger partial charge in [0.05, 0.1) is 19.8 Å². The van der Waals surface area contributed by atoms with Crippen LogP contribution >= 0.6 is 22.9 Å². The van der Waals surface area contributed by atoms with Crippen molar-refractivity contribution in [3.8, 4) is 10.6 Å². The molecule has 1 aliphatic carbocycles. The lowest BCUT2D eigenvalue weighted by molar-refractivity contribution is -0.192. The number of nitrogens with one attached hydrogen (secondary N) is 1. The highest BCUT2D eigenvalue weighted by molar-refractivity contribution is 7.89. The number of aromatic nitrogens is 1. The number of carbonyl (C=O) groups excluding carboxylic acids is 2. The van der Waals surface area contributed by atoms with Gasteiger partial charge in [0.2, 0.25) is 21.8 Å². The molecule has 3 aromatic rings. The Morgan fingerprint density at radius 1 is 1.15 bits per heavy atom. The summed E-state index contributed by atoms with van der Waals surface area (Å²) in [7, 11) is -4.14.